The van der Waals surface area contributed by atoms with E-state index in [1.165, 1.54) is 6.07 Å². The molecule has 2 N–H and O–H groups in total. The minimum absolute atomic E-state index is 0.0550. The Morgan fingerprint density at radius 3 is 2.56 bits per heavy atom. The summed E-state index contributed by atoms with van der Waals surface area (Å²) in [6.45, 7) is 0.176. The second-order valence-electron chi connectivity index (χ2n) is 5.61. The lowest BCUT2D eigenvalue weighted by molar-refractivity contribution is 0.581. The van der Waals surface area contributed by atoms with Gasteiger partial charge in [0.15, 0.2) is 5.82 Å². The first-order chi connectivity index (χ1) is 13.0. The highest BCUT2D eigenvalue weighted by atomic mass is 35.5. The number of nitrogens with one attached hydrogen (secondary N) is 2. The predicted octanol–water partition coefficient (Wildman–Crippen LogP) is 2.75. The zero-order valence-corrected chi connectivity index (χ0v) is 16.1. The number of aromatic nitrogens is 3. The molecule has 0 atom stereocenters. The Balaban J connectivity index is 1.75. The summed E-state index contributed by atoms with van der Waals surface area (Å²) >= 11 is 5.98. The van der Waals surface area contributed by atoms with Crippen molar-refractivity contribution in [1.29, 1.82) is 0 Å². The molecule has 0 fully saturated rings. The Morgan fingerprint density at radius 1 is 1.07 bits per heavy atom. The standard InChI is InChI=1S/C18H18ClN5O2S/c1-20-17-12-13(23-18(24-17)15-7-4-5-10-21-15)9-11-22-27(25,26)16-8-3-2-6-14(16)19/h2-8,10,12,22H,9,11H2,1H3,(H,20,23,24). The van der Waals surface area contributed by atoms with Gasteiger partial charge in [0.25, 0.3) is 0 Å². The van der Waals surface area contributed by atoms with Gasteiger partial charge >= 0.3 is 0 Å². The first-order valence-electron chi connectivity index (χ1n) is 8.21. The van der Waals surface area contributed by atoms with Gasteiger partial charge in [-0.05, 0) is 24.3 Å². The van der Waals surface area contributed by atoms with E-state index in [0.29, 0.717) is 29.5 Å². The molecule has 9 heteroatoms. The highest BCUT2D eigenvalue weighted by Gasteiger charge is 2.17. The van der Waals surface area contributed by atoms with Gasteiger partial charge < -0.3 is 5.32 Å². The average molecular weight is 404 g/mol. The second-order valence-corrected chi connectivity index (χ2v) is 7.75. The van der Waals surface area contributed by atoms with Gasteiger partial charge in [-0.2, -0.15) is 0 Å². The van der Waals surface area contributed by atoms with Crippen LogP contribution < -0.4 is 10.0 Å². The highest BCUT2D eigenvalue weighted by Crippen LogP contribution is 2.20. The summed E-state index contributed by atoms with van der Waals surface area (Å²) in [6, 6.07) is 13.6. The van der Waals surface area contributed by atoms with E-state index < -0.39 is 10.0 Å². The molecule has 3 aromatic rings. The van der Waals surface area contributed by atoms with E-state index in [1.807, 2.05) is 18.2 Å². The molecule has 140 valence electrons. The van der Waals surface area contributed by atoms with E-state index in [1.54, 1.807) is 37.5 Å². The molecular weight excluding hydrogens is 386 g/mol. The van der Waals surface area contributed by atoms with Crippen molar-refractivity contribution in [3.63, 3.8) is 0 Å². The fourth-order valence-corrected chi connectivity index (χ4v) is 3.97. The molecule has 0 aliphatic rings. The van der Waals surface area contributed by atoms with Crippen LogP contribution in [0.4, 0.5) is 5.82 Å². The average Bonchev–Trinajstić information content (AvgIpc) is 2.68. The molecular formula is C18H18ClN5O2S. The topological polar surface area (TPSA) is 96.9 Å². The van der Waals surface area contributed by atoms with E-state index in [2.05, 4.69) is 25.0 Å². The van der Waals surface area contributed by atoms with Crippen molar-refractivity contribution in [3.05, 3.63) is 65.4 Å². The molecule has 0 saturated carbocycles. The van der Waals surface area contributed by atoms with Crippen molar-refractivity contribution >= 4 is 27.4 Å². The molecule has 3 rings (SSSR count). The Labute approximate surface area is 162 Å². The van der Waals surface area contributed by atoms with Crippen molar-refractivity contribution in [1.82, 2.24) is 19.7 Å². The fourth-order valence-electron chi connectivity index (χ4n) is 2.42. The molecule has 0 unspecified atom stereocenters. The Morgan fingerprint density at radius 2 is 1.85 bits per heavy atom. The van der Waals surface area contributed by atoms with Gasteiger partial charge in [-0.1, -0.05) is 29.8 Å². The van der Waals surface area contributed by atoms with Gasteiger partial charge in [-0.25, -0.2) is 23.1 Å². The largest absolute Gasteiger partial charge is 0.373 e. The summed E-state index contributed by atoms with van der Waals surface area (Å²) in [5, 5.41) is 3.16. The number of anilines is 1. The minimum atomic E-state index is -3.69. The second kappa shape index (κ2) is 8.43. The zero-order valence-electron chi connectivity index (χ0n) is 14.6. The smallest absolute Gasteiger partial charge is 0.242 e. The van der Waals surface area contributed by atoms with Crippen LogP contribution >= 0.6 is 11.6 Å². The van der Waals surface area contributed by atoms with Crippen LogP contribution in [0.5, 0.6) is 0 Å². The number of sulfonamides is 1. The maximum absolute atomic E-state index is 12.4. The molecule has 2 aromatic heterocycles. The fraction of sp³-hybridized carbons (Fsp3) is 0.167. The van der Waals surface area contributed by atoms with E-state index in [9.17, 15) is 8.42 Å². The van der Waals surface area contributed by atoms with Crippen molar-refractivity contribution < 1.29 is 8.42 Å². The maximum Gasteiger partial charge on any atom is 0.242 e. The van der Waals surface area contributed by atoms with Crippen molar-refractivity contribution in [3.8, 4) is 11.5 Å². The normalized spacial score (nSPS) is 11.3. The quantitative estimate of drug-likeness (QED) is 0.629. The zero-order chi connectivity index (χ0) is 19.3. The molecule has 2 heterocycles. The van der Waals surface area contributed by atoms with Crippen LogP contribution in [0.15, 0.2) is 59.6 Å². The molecule has 0 aliphatic heterocycles. The van der Waals surface area contributed by atoms with E-state index in [0.717, 1.165) is 0 Å². The van der Waals surface area contributed by atoms with Crippen LogP contribution in [-0.4, -0.2) is 37.0 Å². The van der Waals surface area contributed by atoms with E-state index in [4.69, 9.17) is 11.6 Å². The molecule has 0 radical (unpaired) electrons. The lowest BCUT2D eigenvalue weighted by atomic mass is 10.2. The third-order valence-electron chi connectivity index (χ3n) is 3.73. The van der Waals surface area contributed by atoms with E-state index in [-0.39, 0.29) is 16.5 Å². The molecule has 0 saturated heterocycles. The molecule has 0 aliphatic carbocycles. The van der Waals surface area contributed by atoms with Crippen molar-refractivity contribution in [2.45, 2.75) is 11.3 Å². The Bertz CT molecular complexity index is 1030. The summed E-state index contributed by atoms with van der Waals surface area (Å²) in [5.41, 5.74) is 1.34. The molecule has 0 amide bonds. The van der Waals surface area contributed by atoms with Gasteiger partial charge in [0.05, 0.1) is 5.02 Å². The lowest BCUT2D eigenvalue weighted by Gasteiger charge is -2.10. The minimum Gasteiger partial charge on any atom is -0.373 e. The van der Waals surface area contributed by atoms with Crippen LogP contribution in [0.1, 0.15) is 5.69 Å². The van der Waals surface area contributed by atoms with Gasteiger partial charge in [-0.3, -0.25) is 4.98 Å². The molecule has 7 nitrogen and oxygen atoms in total. The number of pyridine rings is 1. The maximum atomic E-state index is 12.4. The van der Waals surface area contributed by atoms with Crippen LogP contribution in [0.25, 0.3) is 11.5 Å². The van der Waals surface area contributed by atoms with Crippen LogP contribution in [0.2, 0.25) is 5.02 Å². The Kier molecular flexibility index (Phi) is 6.00. The number of rotatable bonds is 7. The van der Waals surface area contributed by atoms with Crippen LogP contribution in [-0.2, 0) is 16.4 Å². The highest BCUT2D eigenvalue weighted by molar-refractivity contribution is 7.89. The number of halogens is 1. The summed E-state index contributed by atoms with van der Waals surface area (Å²) in [6.07, 6.45) is 2.06. The van der Waals surface area contributed by atoms with Gasteiger partial charge in [0.2, 0.25) is 10.0 Å². The summed E-state index contributed by atoms with van der Waals surface area (Å²) in [7, 11) is -1.93. The van der Waals surface area contributed by atoms with Crippen LogP contribution in [0, 0.1) is 0 Å². The number of hydrogen-bond acceptors (Lipinski definition) is 6. The summed E-state index contributed by atoms with van der Waals surface area (Å²) in [4.78, 5) is 13.2. The van der Waals surface area contributed by atoms with Gasteiger partial charge in [-0.15, -0.1) is 0 Å². The third kappa shape index (κ3) is 4.79. The van der Waals surface area contributed by atoms with Gasteiger partial charge in [0, 0.05) is 38.0 Å². The third-order valence-corrected chi connectivity index (χ3v) is 5.69. The number of hydrogen-bond donors (Lipinski definition) is 2. The van der Waals surface area contributed by atoms with Crippen molar-refractivity contribution in [2.24, 2.45) is 0 Å². The van der Waals surface area contributed by atoms with E-state index >= 15 is 0 Å². The number of nitrogens with zero attached hydrogens (tertiary/aromatic N) is 3. The molecule has 27 heavy (non-hydrogen) atoms. The first kappa shape index (κ1) is 19.2. The Hall–Kier alpha value is -2.55. The molecule has 1 aromatic carbocycles. The summed E-state index contributed by atoms with van der Waals surface area (Å²) in [5.74, 6) is 1.11. The molecule has 0 bridgehead atoms. The lowest BCUT2D eigenvalue weighted by Crippen LogP contribution is -2.26. The number of benzene rings is 1. The molecule has 0 spiro atoms. The summed E-state index contributed by atoms with van der Waals surface area (Å²) < 4.78 is 27.4. The SMILES string of the molecule is CNc1cc(CCNS(=O)(=O)c2ccccc2Cl)nc(-c2ccccn2)n1. The van der Waals surface area contributed by atoms with Crippen molar-refractivity contribution in [2.75, 3.05) is 18.9 Å². The first-order valence-corrected chi connectivity index (χ1v) is 10.1. The predicted molar refractivity (Wildman–Crippen MR) is 105 cm³/mol. The van der Waals surface area contributed by atoms with Gasteiger partial charge in [0.1, 0.15) is 16.4 Å². The van der Waals surface area contributed by atoms with Crippen LogP contribution in [0.3, 0.4) is 0 Å². The monoisotopic (exact) mass is 403 g/mol.